The molecule has 2 unspecified atom stereocenters. The van der Waals surface area contributed by atoms with Crippen molar-refractivity contribution in [3.8, 4) is 0 Å². The van der Waals surface area contributed by atoms with Gasteiger partial charge in [0.25, 0.3) is 0 Å². The number of amides is 1. The molecule has 120 valence electrons. The van der Waals surface area contributed by atoms with Crippen molar-refractivity contribution in [1.82, 2.24) is 4.90 Å². The van der Waals surface area contributed by atoms with E-state index in [4.69, 9.17) is 5.73 Å². The van der Waals surface area contributed by atoms with Gasteiger partial charge in [-0.25, -0.2) is 0 Å². The molecule has 3 heteroatoms. The molecule has 3 fully saturated rings. The number of nitrogens with zero attached hydrogens (tertiary/aromatic N) is 1. The third kappa shape index (κ3) is 3.80. The Morgan fingerprint density at radius 1 is 0.905 bits per heavy atom. The number of carbonyl (C=O) groups is 1. The number of nitrogens with two attached hydrogens (primary N) is 1. The molecule has 0 heterocycles. The standard InChI is InChI=1S/C18H32N2O/c19-12-15-8-4-5-9-17(15)18(21)20(16-10-11-16)13-14-6-2-1-3-7-14/h14-17H,1-13,19H2. The van der Waals surface area contributed by atoms with Gasteiger partial charge in [-0.05, 0) is 56.9 Å². The first-order valence-electron chi connectivity index (χ1n) is 9.30. The molecule has 3 rings (SSSR count). The summed E-state index contributed by atoms with van der Waals surface area (Å²) in [4.78, 5) is 15.4. The molecule has 2 N–H and O–H groups in total. The second-order valence-electron chi connectivity index (χ2n) is 7.61. The Morgan fingerprint density at radius 3 is 2.24 bits per heavy atom. The van der Waals surface area contributed by atoms with Gasteiger partial charge in [0.05, 0.1) is 0 Å². The highest BCUT2D eigenvalue weighted by Gasteiger charge is 2.39. The molecule has 0 aromatic rings. The van der Waals surface area contributed by atoms with E-state index in [2.05, 4.69) is 4.90 Å². The largest absolute Gasteiger partial charge is 0.339 e. The Kier molecular flexibility index (Phi) is 5.20. The predicted molar refractivity (Wildman–Crippen MR) is 85.8 cm³/mol. The van der Waals surface area contributed by atoms with Crippen LogP contribution in [-0.2, 0) is 4.79 Å². The molecule has 0 spiro atoms. The molecular weight excluding hydrogens is 260 g/mol. The summed E-state index contributed by atoms with van der Waals surface area (Å²) in [6.07, 6.45) is 14.0. The average Bonchev–Trinajstić information content (AvgIpc) is 3.37. The smallest absolute Gasteiger partial charge is 0.226 e. The fourth-order valence-electron chi connectivity index (χ4n) is 4.48. The molecular formula is C18H32N2O. The molecule has 0 aromatic heterocycles. The molecule has 0 aromatic carbocycles. The summed E-state index contributed by atoms with van der Waals surface area (Å²) < 4.78 is 0. The van der Waals surface area contributed by atoms with E-state index in [1.807, 2.05) is 0 Å². The lowest BCUT2D eigenvalue weighted by Gasteiger charge is -2.36. The van der Waals surface area contributed by atoms with E-state index >= 15 is 0 Å². The molecule has 3 nitrogen and oxygen atoms in total. The Bertz CT molecular complexity index is 347. The van der Waals surface area contributed by atoms with Crippen molar-refractivity contribution in [3.05, 3.63) is 0 Å². The van der Waals surface area contributed by atoms with Crippen LogP contribution in [0.25, 0.3) is 0 Å². The molecule has 0 bridgehead atoms. The Labute approximate surface area is 129 Å². The zero-order valence-corrected chi connectivity index (χ0v) is 13.4. The number of rotatable bonds is 5. The van der Waals surface area contributed by atoms with Crippen LogP contribution in [0.5, 0.6) is 0 Å². The molecule has 3 aliphatic carbocycles. The van der Waals surface area contributed by atoms with E-state index in [0.29, 0.717) is 24.4 Å². The third-order valence-corrected chi connectivity index (χ3v) is 5.98. The second kappa shape index (κ2) is 7.13. The monoisotopic (exact) mass is 292 g/mol. The fraction of sp³-hybridized carbons (Fsp3) is 0.944. The topological polar surface area (TPSA) is 46.3 Å². The van der Waals surface area contributed by atoms with Crippen LogP contribution in [0.15, 0.2) is 0 Å². The van der Waals surface area contributed by atoms with E-state index in [-0.39, 0.29) is 5.92 Å². The lowest BCUT2D eigenvalue weighted by molar-refractivity contribution is -0.140. The Hall–Kier alpha value is -0.570. The lowest BCUT2D eigenvalue weighted by Crippen LogP contribution is -2.45. The minimum atomic E-state index is 0.230. The van der Waals surface area contributed by atoms with E-state index in [9.17, 15) is 4.79 Å². The van der Waals surface area contributed by atoms with Crippen LogP contribution in [0.1, 0.15) is 70.6 Å². The average molecular weight is 292 g/mol. The SMILES string of the molecule is NCC1CCCCC1C(=O)N(CC1CCCCC1)C1CC1. The summed E-state index contributed by atoms with van der Waals surface area (Å²) in [5.74, 6) is 1.90. The first-order chi connectivity index (χ1) is 10.3. The fourth-order valence-corrected chi connectivity index (χ4v) is 4.48. The first-order valence-corrected chi connectivity index (χ1v) is 9.30. The van der Waals surface area contributed by atoms with Crippen molar-refractivity contribution in [1.29, 1.82) is 0 Å². The van der Waals surface area contributed by atoms with E-state index in [0.717, 1.165) is 25.3 Å². The van der Waals surface area contributed by atoms with Crippen LogP contribution < -0.4 is 5.73 Å². The summed E-state index contributed by atoms with van der Waals surface area (Å²) in [5.41, 5.74) is 5.94. The summed E-state index contributed by atoms with van der Waals surface area (Å²) in [7, 11) is 0. The molecule has 3 saturated carbocycles. The van der Waals surface area contributed by atoms with Crippen LogP contribution >= 0.6 is 0 Å². The van der Waals surface area contributed by atoms with E-state index in [1.165, 1.54) is 57.8 Å². The van der Waals surface area contributed by atoms with Crippen molar-refractivity contribution in [2.45, 2.75) is 76.7 Å². The number of hydrogen-bond donors (Lipinski definition) is 1. The van der Waals surface area contributed by atoms with Gasteiger partial charge >= 0.3 is 0 Å². The molecule has 0 aliphatic heterocycles. The summed E-state index contributed by atoms with van der Waals surface area (Å²) >= 11 is 0. The highest BCUT2D eigenvalue weighted by molar-refractivity contribution is 5.80. The maximum atomic E-state index is 13.1. The summed E-state index contributed by atoms with van der Waals surface area (Å²) in [6.45, 7) is 1.73. The molecule has 1 amide bonds. The van der Waals surface area contributed by atoms with Gasteiger partial charge in [0.2, 0.25) is 5.91 Å². The number of hydrogen-bond acceptors (Lipinski definition) is 2. The molecule has 0 radical (unpaired) electrons. The van der Waals surface area contributed by atoms with Crippen LogP contribution in [0.2, 0.25) is 0 Å². The van der Waals surface area contributed by atoms with Gasteiger partial charge in [-0.2, -0.15) is 0 Å². The number of carbonyl (C=O) groups excluding carboxylic acids is 1. The van der Waals surface area contributed by atoms with Crippen molar-refractivity contribution in [3.63, 3.8) is 0 Å². The Balaban J connectivity index is 1.63. The second-order valence-corrected chi connectivity index (χ2v) is 7.61. The molecule has 21 heavy (non-hydrogen) atoms. The van der Waals surface area contributed by atoms with Crippen LogP contribution in [0, 0.1) is 17.8 Å². The van der Waals surface area contributed by atoms with Crippen LogP contribution in [0.3, 0.4) is 0 Å². The van der Waals surface area contributed by atoms with Gasteiger partial charge in [-0.1, -0.05) is 32.1 Å². The lowest BCUT2D eigenvalue weighted by atomic mass is 9.78. The maximum absolute atomic E-state index is 13.1. The minimum Gasteiger partial charge on any atom is -0.339 e. The van der Waals surface area contributed by atoms with Gasteiger partial charge in [-0.3, -0.25) is 4.79 Å². The summed E-state index contributed by atoms with van der Waals surface area (Å²) in [5, 5.41) is 0. The molecule has 2 atom stereocenters. The Morgan fingerprint density at radius 2 is 1.57 bits per heavy atom. The molecule has 3 aliphatic rings. The zero-order chi connectivity index (χ0) is 14.7. The predicted octanol–water partition coefficient (Wildman–Crippen LogP) is 3.32. The normalized spacial score (nSPS) is 31.1. The maximum Gasteiger partial charge on any atom is 0.226 e. The van der Waals surface area contributed by atoms with Gasteiger partial charge in [0.1, 0.15) is 0 Å². The van der Waals surface area contributed by atoms with Gasteiger partial charge in [-0.15, -0.1) is 0 Å². The van der Waals surface area contributed by atoms with Crippen molar-refractivity contribution < 1.29 is 4.79 Å². The van der Waals surface area contributed by atoms with Gasteiger partial charge in [0, 0.05) is 18.5 Å². The molecule has 0 saturated heterocycles. The summed E-state index contributed by atoms with van der Waals surface area (Å²) in [6, 6.07) is 0.569. The third-order valence-electron chi connectivity index (χ3n) is 5.98. The van der Waals surface area contributed by atoms with Crippen molar-refractivity contribution >= 4 is 5.91 Å². The van der Waals surface area contributed by atoms with Crippen LogP contribution in [-0.4, -0.2) is 29.9 Å². The minimum absolute atomic E-state index is 0.230. The zero-order valence-electron chi connectivity index (χ0n) is 13.4. The first kappa shape index (κ1) is 15.3. The highest BCUT2D eigenvalue weighted by atomic mass is 16.2. The van der Waals surface area contributed by atoms with E-state index < -0.39 is 0 Å². The van der Waals surface area contributed by atoms with Gasteiger partial charge in [0.15, 0.2) is 0 Å². The van der Waals surface area contributed by atoms with Crippen molar-refractivity contribution in [2.24, 2.45) is 23.5 Å². The quantitative estimate of drug-likeness (QED) is 0.845. The highest BCUT2D eigenvalue weighted by Crippen LogP contribution is 2.36. The van der Waals surface area contributed by atoms with Crippen molar-refractivity contribution in [2.75, 3.05) is 13.1 Å². The van der Waals surface area contributed by atoms with Crippen LogP contribution in [0.4, 0.5) is 0 Å². The van der Waals surface area contributed by atoms with E-state index in [1.54, 1.807) is 0 Å². The van der Waals surface area contributed by atoms with Gasteiger partial charge < -0.3 is 10.6 Å².